The van der Waals surface area contributed by atoms with Crippen molar-refractivity contribution in [1.82, 2.24) is 35.3 Å². The second-order valence-electron chi connectivity index (χ2n) is 6.57. The van der Waals surface area contributed by atoms with Crippen molar-refractivity contribution in [3.05, 3.63) is 60.1 Å². The van der Waals surface area contributed by atoms with E-state index in [2.05, 4.69) is 30.4 Å². The van der Waals surface area contributed by atoms with Gasteiger partial charge in [-0.3, -0.25) is 15.2 Å². The molecule has 0 saturated heterocycles. The number of fused-ring (bicyclic) bond motifs is 2. The molecule has 0 aliphatic rings. The summed E-state index contributed by atoms with van der Waals surface area (Å²) in [7, 11) is 0. The number of aromatic amines is 3. The predicted molar refractivity (Wildman–Crippen MR) is 110 cm³/mol. The lowest BCUT2D eigenvalue weighted by atomic mass is 10.1. The lowest BCUT2D eigenvalue weighted by molar-refractivity contribution is 0.657. The lowest BCUT2D eigenvalue weighted by Gasteiger charge is -1.98. The molecule has 3 N–H and O–H groups in total. The molecule has 140 valence electrons. The standard InChI is InChI=1S/C20H12FN7S/c21-17-5-4-16(29-17)11-2-1-3-13-18(11)26-20(25-13)19-12-6-14(10-7-23-24-8-10)22-9-15(12)27-28-19/h1-9H,(H,23,24)(H,25,26)(H,27,28). The van der Waals surface area contributed by atoms with Gasteiger partial charge in [0.05, 0.1) is 34.6 Å². The Balaban J connectivity index is 1.53. The summed E-state index contributed by atoms with van der Waals surface area (Å²) >= 11 is 1.11. The quantitative estimate of drug-likeness (QED) is 0.398. The number of aromatic nitrogens is 7. The number of benzene rings is 1. The molecular weight excluding hydrogens is 389 g/mol. The first-order chi connectivity index (χ1) is 14.3. The van der Waals surface area contributed by atoms with E-state index in [1.165, 1.54) is 6.07 Å². The number of hydrogen-bond acceptors (Lipinski definition) is 5. The third-order valence-corrected chi connectivity index (χ3v) is 5.72. The largest absolute Gasteiger partial charge is 0.337 e. The molecule has 0 aliphatic carbocycles. The van der Waals surface area contributed by atoms with E-state index in [4.69, 9.17) is 4.98 Å². The van der Waals surface area contributed by atoms with Crippen LogP contribution >= 0.6 is 11.3 Å². The van der Waals surface area contributed by atoms with E-state index in [-0.39, 0.29) is 5.13 Å². The summed E-state index contributed by atoms with van der Waals surface area (Å²) in [5, 5.41) is 14.9. The van der Waals surface area contributed by atoms with Crippen LogP contribution in [0.5, 0.6) is 0 Å². The average molecular weight is 401 g/mol. The molecule has 9 heteroatoms. The van der Waals surface area contributed by atoms with Crippen LogP contribution in [-0.2, 0) is 0 Å². The molecule has 0 amide bonds. The van der Waals surface area contributed by atoms with Gasteiger partial charge in [0.15, 0.2) is 11.0 Å². The first-order valence-corrected chi connectivity index (χ1v) is 9.66. The molecular formula is C20H12FN7S. The van der Waals surface area contributed by atoms with Crippen molar-refractivity contribution < 1.29 is 4.39 Å². The molecule has 0 aliphatic heterocycles. The summed E-state index contributed by atoms with van der Waals surface area (Å²) in [6, 6.07) is 11.0. The summed E-state index contributed by atoms with van der Waals surface area (Å²) in [5.74, 6) is 0.639. The molecule has 0 fully saturated rings. The molecule has 7 nitrogen and oxygen atoms in total. The number of rotatable bonds is 3. The molecule has 5 heterocycles. The van der Waals surface area contributed by atoms with Crippen LogP contribution in [0.2, 0.25) is 0 Å². The Hall–Kier alpha value is -3.85. The Morgan fingerprint density at radius 3 is 2.83 bits per heavy atom. The summed E-state index contributed by atoms with van der Waals surface area (Å²) in [6.45, 7) is 0. The van der Waals surface area contributed by atoms with E-state index < -0.39 is 0 Å². The fourth-order valence-electron chi connectivity index (χ4n) is 3.45. The molecule has 5 aromatic heterocycles. The normalized spacial score (nSPS) is 11.6. The molecule has 0 bridgehead atoms. The Bertz CT molecular complexity index is 1480. The zero-order chi connectivity index (χ0) is 19.4. The van der Waals surface area contributed by atoms with Gasteiger partial charge < -0.3 is 4.98 Å². The van der Waals surface area contributed by atoms with Gasteiger partial charge in [-0.1, -0.05) is 12.1 Å². The zero-order valence-corrected chi connectivity index (χ0v) is 15.6. The fraction of sp³-hybridized carbons (Fsp3) is 0. The summed E-state index contributed by atoms with van der Waals surface area (Å²) < 4.78 is 13.5. The third-order valence-electron chi connectivity index (χ3n) is 4.82. The maximum atomic E-state index is 13.5. The van der Waals surface area contributed by atoms with Crippen LogP contribution in [0.25, 0.3) is 55.2 Å². The predicted octanol–water partition coefficient (Wildman–Crippen LogP) is 4.76. The minimum atomic E-state index is -0.217. The van der Waals surface area contributed by atoms with Crippen LogP contribution in [-0.4, -0.2) is 35.3 Å². The van der Waals surface area contributed by atoms with Gasteiger partial charge >= 0.3 is 0 Å². The number of imidazole rings is 1. The molecule has 0 atom stereocenters. The SMILES string of the molecule is Fc1ccc(-c2cccc3[nH]c(-c4n[nH]c5cnc(-c6cn[nH]c6)cc45)nc23)s1. The van der Waals surface area contributed by atoms with Gasteiger partial charge in [-0.2, -0.15) is 14.6 Å². The fourth-order valence-corrected chi connectivity index (χ4v) is 4.21. The number of para-hydroxylation sites is 1. The number of thiophene rings is 1. The Labute approximate surface area is 166 Å². The van der Waals surface area contributed by atoms with Crippen LogP contribution < -0.4 is 0 Å². The number of H-pyrrole nitrogens is 3. The van der Waals surface area contributed by atoms with E-state index in [0.29, 0.717) is 11.5 Å². The van der Waals surface area contributed by atoms with E-state index in [0.717, 1.165) is 55.0 Å². The Morgan fingerprint density at radius 1 is 1.03 bits per heavy atom. The molecule has 0 unspecified atom stereocenters. The highest BCUT2D eigenvalue weighted by molar-refractivity contribution is 7.14. The van der Waals surface area contributed by atoms with Gasteiger partial charge in [-0.15, -0.1) is 11.3 Å². The number of hydrogen-bond donors (Lipinski definition) is 3. The van der Waals surface area contributed by atoms with Crippen molar-refractivity contribution in [1.29, 1.82) is 0 Å². The maximum absolute atomic E-state index is 13.5. The first kappa shape index (κ1) is 16.1. The maximum Gasteiger partial charge on any atom is 0.176 e. The minimum Gasteiger partial charge on any atom is -0.337 e. The van der Waals surface area contributed by atoms with Gasteiger partial charge in [0.2, 0.25) is 0 Å². The van der Waals surface area contributed by atoms with Gasteiger partial charge in [-0.25, -0.2) is 4.98 Å². The van der Waals surface area contributed by atoms with Crippen molar-refractivity contribution in [3.63, 3.8) is 0 Å². The molecule has 0 spiro atoms. The first-order valence-electron chi connectivity index (χ1n) is 8.84. The highest BCUT2D eigenvalue weighted by Crippen LogP contribution is 2.34. The van der Waals surface area contributed by atoms with Crippen molar-refractivity contribution in [3.8, 4) is 33.2 Å². The van der Waals surface area contributed by atoms with Crippen LogP contribution in [0.1, 0.15) is 0 Å². The molecule has 29 heavy (non-hydrogen) atoms. The summed E-state index contributed by atoms with van der Waals surface area (Å²) in [4.78, 5) is 13.4. The average Bonchev–Trinajstić information content (AvgIpc) is 3.51. The van der Waals surface area contributed by atoms with E-state index in [9.17, 15) is 4.39 Å². The van der Waals surface area contributed by atoms with Crippen LogP contribution in [0.3, 0.4) is 0 Å². The highest BCUT2D eigenvalue weighted by Gasteiger charge is 2.17. The van der Waals surface area contributed by atoms with Crippen molar-refractivity contribution in [2.24, 2.45) is 0 Å². The number of nitrogens with one attached hydrogen (secondary N) is 3. The lowest BCUT2D eigenvalue weighted by Crippen LogP contribution is -1.84. The number of halogens is 1. The zero-order valence-electron chi connectivity index (χ0n) is 14.8. The second kappa shape index (κ2) is 6.08. The van der Waals surface area contributed by atoms with Crippen LogP contribution in [0.4, 0.5) is 4.39 Å². The highest BCUT2D eigenvalue weighted by atomic mass is 32.1. The molecule has 0 saturated carbocycles. The summed E-state index contributed by atoms with van der Waals surface area (Å²) in [6.07, 6.45) is 5.26. The van der Waals surface area contributed by atoms with Crippen molar-refractivity contribution in [2.75, 3.05) is 0 Å². The summed E-state index contributed by atoms with van der Waals surface area (Å²) in [5.41, 5.74) is 5.74. The number of pyridine rings is 1. The van der Waals surface area contributed by atoms with Gasteiger partial charge in [-0.05, 0) is 24.3 Å². The van der Waals surface area contributed by atoms with Crippen LogP contribution in [0.15, 0.2) is 55.0 Å². The van der Waals surface area contributed by atoms with Crippen molar-refractivity contribution >= 4 is 33.3 Å². The van der Waals surface area contributed by atoms with Crippen molar-refractivity contribution in [2.45, 2.75) is 0 Å². The van der Waals surface area contributed by atoms with Crippen LogP contribution in [0, 0.1) is 5.13 Å². The third kappa shape index (κ3) is 2.55. The van der Waals surface area contributed by atoms with Gasteiger partial charge in [0.25, 0.3) is 0 Å². The minimum absolute atomic E-state index is 0.217. The smallest absolute Gasteiger partial charge is 0.176 e. The molecule has 1 aromatic carbocycles. The second-order valence-corrected chi connectivity index (χ2v) is 7.60. The van der Waals surface area contributed by atoms with E-state index >= 15 is 0 Å². The molecule has 6 aromatic rings. The topological polar surface area (TPSA) is 98.9 Å². The van der Waals surface area contributed by atoms with E-state index in [1.54, 1.807) is 24.7 Å². The Kier molecular flexibility index (Phi) is 3.38. The Morgan fingerprint density at radius 2 is 2.00 bits per heavy atom. The van der Waals surface area contributed by atoms with Gasteiger partial charge in [0.1, 0.15) is 5.69 Å². The van der Waals surface area contributed by atoms with E-state index in [1.807, 2.05) is 24.3 Å². The monoisotopic (exact) mass is 401 g/mol. The van der Waals surface area contributed by atoms with Gasteiger partial charge in [0, 0.05) is 27.6 Å². The molecule has 0 radical (unpaired) electrons. The number of nitrogens with zero attached hydrogens (tertiary/aromatic N) is 4. The molecule has 6 rings (SSSR count).